The Balaban J connectivity index is 2.41. The minimum Gasteiger partial charge on any atom is -0.370 e. The smallest absolute Gasteiger partial charge is 0.191 e. The van der Waals surface area contributed by atoms with Gasteiger partial charge in [-0.2, -0.15) is 0 Å². The van der Waals surface area contributed by atoms with Crippen molar-refractivity contribution in [2.24, 2.45) is 10.7 Å². The zero-order valence-corrected chi connectivity index (χ0v) is 9.27. The lowest BCUT2D eigenvalue weighted by molar-refractivity contribution is 0.230. The fourth-order valence-electron chi connectivity index (χ4n) is 2.23. The van der Waals surface area contributed by atoms with Crippen LogP contribution in [-0.2, 0) is 5.54 Å². The van der Waals surface area contributed by atoms with Crippen LogP contribution in [0.15, 0.2) is 35.3 Å². The highest BCUT2D eigenvalue weighted by Gasteiger charge is 2.39. The Bertz CT molecular complexity index is 372. The Morgan fingerprint density at radius 3 is 2.53 bits per heavy atom. The fraction of sp³-hybridized carbons (Fsp3) is 0.417. The van der Waals surface area contributed by atoms with Crippen LogP contribution in [0.4, 0.5) is 0 Å². The van der Waals surface area contributed by atoms with Crippen LogP contribution in [0, 0.1) is 0 Å². The summed E-state index contributed by atoms with van der Waals surface area (Å²) in [6.45, 7) is 2.94. The summed E-state index contributed by atoms with van der Waals surface area (Å²) in [4.78, 5) is 6.42. The van der Waals surface area contributed by atoms with Crippen LogP contribution in [0.1, 0.15) is 18.9 Å². The first kappa shape index (κ1) is 10.0. The molecule has 0 aliphatic carbocycles. The van der Waals surface area contributed by atoms with E-state index < -0.39 is 0 Å². The zero-order valence-electron chi connectivity index (χ0n) is 9.27. The predicted molar refractivity (Wildman–Crippen MR) is 62.7 cm³/mol. The molecule has 0 bridgehead atoms. The summed E-state index contributed by atoms with van der Waals surface area (Å²) in [6.07, 6.45) is 1.01. The van der Waals surface area contributed by atoms with Crippen molar-refractivity contribution in [2.45, 2.75) is 18.9 Å². The molecular weight excluding hydrogens is 186 g/mol. The molecule has 0 amide bonds. The quantitative estimate of drug-likeness (QED) is 0.792. The Morgan fingerprint density at radius 2 is 2.07 bits per heavy atom. The first-order chi connectivity index (χ1) is 7.20. The maximum Gasteiger partial charge on any atom is 0.191 e. The predicted octanol–water partition coefficient (Wildman–Crippen LogP) is 1.55. The number of guanidine groups is 1. The van der Waals surface area contributed by atoms with Gasteiger partial charge in [-0.15, -0.1) is 0 Å². The van der Waals surface area contributed by atoms with Gasteiger partial charge >= 0.3 is 0 Å². The summed E-state index contributed by atoms with van der Waals surface area (Å²) in [5, 5.41) is 0. The molecule has 2 N–H and O–H groups in total. The third-order valence-corrected chi connectivity index (χ3v) is 3.38. The summed E-state index contributed by atoms with van der Waals surface area (Å²) in [6, 6.07) is 10.5. The van der Waals surface area contributed by atoms with E-state index in [-0.39, 0.29) is 5.54 Å². The number of aliphatic imine (C=N–C) groups is 1. The molecular formula is C12H17N3. The van der Waals surface area contributed by atoms with Crippen LogP contribution in [0.3, 0.4) is 0 Å². The SMILES string of the molecule is CCC1(c2ccccc2)CN=C(N)N1C. The number of hydrogen-bond donors (Lipinski definition) is 1. The summed E-state index contributed by atoms with van der Waals surface area (Å²) in [5.74, 6) is 0.640. The van der Waals surface area contributed by atoms with Crippen LogP contribution < -0.4 is 5.73 Å². The number of hydrogen-bond acceptors (Lipinski definition) is 3. The molecule has 1 aliphatic heterocycles. The van der Waals surface area contributed by atoms with E-state index in [9.17, 15) is 0 Å². The molecule has 0 aromatic heterocycles. The third kappa shape index (κ3) is 1.39. The molecule has 0 saturated carbocycles. The third-order valence-electron chi connectivity index (χ3n) is 3.38. The Kier molecular flexibility index (Phi) is 2.39. The van der Waals surface area contributed by atoms with Crippen molar-refractivity contribution in [3.8, 4) is 0 Å². The van der Waals surface area contributed by atoms with Gasteiger partial charge in [0, 0.05) is 7.05 Å². The maximum atomic E-state index is 5.84. The molecule has 0 fully saturated rings. The second-order valence-electron chi connectivity index (χ2n) is 3.98. The minimum atomic E-state index is -0.0364. The highest BCUT2D eigenvalue weighted by Crippen LogP contribution is 2.34. The van der Waals surface area contributed by atoms with Gasteiger partial charge in [0.15, 0.2) is 5.96 Å². The van der Waals surface area contributed by atoms with Crippen molar-refractivity contribution in [1.29, 1.82) is 0 Å². The largest absolute Gasteiger partial charge is 0.370 e. The maximum absolute atomic E-state index is 5.84. The summed E-state index contributed by atoms with van der Waals surface area (Å²) in [7, 11) is 2.02. The Labute approximate surface area is 90.6 Å². The molecule has 80 valence electrons. The van der Waals surface area contributed by atoms with Crippen LogP contribution in [0.5, 0.6) is 0 Å². The van der Waals surface area contributed by atoms with Crippen molar-refractivity contribution >= 4 is 5.96 Å². The molecule has 3 heteroatoms. The molecule has 1 aromatic carbocycles. The molecule has 3 nitrogen and oxygen atoms in total. The monoisotopic (exact) mass is 203 g/mol. The average molecular weight is 203 g/mol. The van der Waals surface area contributed by atoms with Crippen molar-refractivity contribution < 1.29 is 0 Å². The van der Waals surface area contributed by atoms with Gasteiger partial charge in [0.1, 0.15) is 0 Å². The molecule has 1 atom stereocenters. The zero-order chi connectivity index (χ0) is 10.9. The Morgan fingerprint density at radius 1 is 1.40 bits per heavy atom. The van der Waals surface area contributed by atoms with E-state index in [0.29, 0.717) is 5.96 Å². The standard InChI is InChI=1S/C12H17N3/c1-3-12(9-14-11(13)15(12)2)10-7-5-4-6-8-10/h4-8H,3,9H2,1-2H3,(H2,13,14). The van der Waals surface area contributed by atoms with Gasteiger partial charge in [0.2, 0.25) is 0 Å². The van der Waals surface area contributed by atoms with Gasteiger partial charge in [0.25, 0.3) is 0 Å². The van der Waals surface area contributed by atoms with Crippen molar-refractivity contribution in [1.82, 2.24) is 4.90 Å². The van der Waals surface area contributed by atoms with E-state index in [1.807, 2.05) is 13.1 Å². The van der Waals surface area contributed by atoms with Gasteiger partial charge in [-0.3, -0.25) is 4.99 Å². The molecule has 15 heavy (non-hydrogen) atoms. The van der Waals surface area contributed by atoms with E-state index in [1.54, 1.807) is 0 Å². The molecule has 2 rings (SSSR count). The van der Waals surface area contributed by atoms with E-state index in [4.69, 9.17) is 5.73 Å². The van der Waals surface area contributed by atoms with Crippen LogP contribution in [0.2, 0.25) is 0 Å². The van der Waals surface area contributed by atoms with Crippen molar-refractivity contribution in [2.75, 3.05) is 13.6 Å². The molecule has 0 spiro atoms. The van der Waals surface area contributed by atoms with E-state index in [0.717, 1.165) is 13.0 Å². The molecule has 0 radical (unpaired) electrons. The van der Waals surface area contributed by atoms with Crippen LogP contribution in [0.25, 0.3) is 0 Å². The minimum absolute atomic E-state index is 0.0364. The highest BCUT2D eigenvalue weighted by atomic mass is 15.3. The van der Waals surface area contributed by atoms with Crippen LogP contribution in [-0.4, -0.2) is 24.5 Å². The topological polar surface area (TPSA) is 41.6 Å². The fourth-order valence-corrected chi connectivity index (χ4v) is 2.23. The van der Waals surface area contributed by atoms with Gasteiger partial charge in [-0.05, 0) is 12.0 Å². The summed E-state index contributed by atoms with van der Waals surface area (Å²) >= 11 is 0. The number of likely N-dealkylation sites (N-methyl/N-ethyl adjacent to an activating group) is 1. The molecule has 1 aliphatic rings. The number of nitrogens with zero attached hydrogens (tertiary/aromatic N) is 2. The molecule has 1 unspecified atom stereocenters. The normalized spacial score (nSPS) is 25.5. The van der Waals surface area contributed by atoms with Gasteiger partial charge in [-0.1, -0.05) is 37.3 Å². The lowest BCUT2D eigenvalue weighted by Crippen LogP contribution is -2.46. The van der Waals surface area contributed by atoms with E-state index >= 15 is 0 Å². The molecule has 1 heterocycles. The number of rotatable bonds is 2. The summed E-state index contributed by atoms with van der Waals surface area (Å²) in [5.41, 5.74) is 7.10. The van der Waals surface area contributed by atoms with E-state index in [1.165, 1.54) is 5.56 Å². The first-order valence-electron chi connectivity index (χ1n) is 5.30. The molecule has 0 saturated heterocycles. The van der Waals surface area contributed by atoms with Gasteiger partial charge in [0.05, 0.1) is 12.1 Å². The summed E-state index contributed by atoms with van der Waals surface area (Å²) < 4.78 is 0. The lowest BCUT2D eigenvalue weighted by Gasteiger charge is -2.36. The first-order valence-corrected chi connectivity index (χ1v) is 5.30. The molecule has 1 aromatic rings. The van der Waals surface area contributed by atoms with Crippen molar-refractivity contribution in [3.63, 3.8) is 0 Å². The van der Waals surface area contributed by atoms with Gasteiger partial charge < -0.3 is 10.6 Å². The average Bonchev–Trinajstić information content (AvgIpc) is 2.59. The van der Waals surface area contributed by atoms with Crippen LogP contribution >= 0.6 is 0 Å². The Hall–Kier alpha value is -1.51. The van der Waals surface area contributed by atoms with E-state index in [2.05, 4.69) is 41.1 Å². The second kappa shape index (κ2) is 3.57. The van der Waals surface area contributed by atoms with Gasteiger partial charge in [-0.25, -0.2) is 0 Å². The lowest BCUT2D eigenvalue weighted by atomic mass is 9.87. The van der Waals surface area contributed by atoms with Crippen molar-refractivity contribution in [3.05, 3.63) is 35.9 Å². The second-order valence-corrected chi connectivity index (χ2v) is 3.98. The number of nitrogens with two attached hydrogens (primary N) is 1. The highest BCUT2D eigenvalue weighted by molar-refractivity contribution is 5.81. The number of benzene rings is 1.